The van der Waals surface area contributed by atoms with E-state index in [4.69, 9.17) is 11.6 Å². The van der Waals surface area contributed by atoms with Crippen molar-refractivity contribution in [3.63, 3.8) is 0 Å². The van der Waals surface area contributed by atoms with Crippen LogP contribution in [0, 0.1) is 12.8 Å². The van der Waals surface area contributed by atoms with E-state index >= 15 is 0 Å². The predicted octanol–water partition coefficient (Wildman–Crippen LogP) is 2.29. The summed E-state index contributed by atoms with van der Waals surface area (Å²) in [6, 6.07) is 5.50. The van der Waals surface area contributed by atoms with Gasteiger partial charge in [-0.15, -0.1) is 0 Å². The lowest BCUT2D eigenvalue weighted by molar-refractivity contribution is -0.117. The average molecular weight is 297 g/mol. The fourth-order valence-electron chi connectivity index (χ4n) is 2.47. The van der Waals surface area contributed by atoms with Crippen LogP contribution in [0.25, 0.3) is 0 Å². The lowest BCUT2D eigenvalue weighted by atomic mass is 10.0. The number of aryl methyl sites for hydroxylation is 1. The van der Waals surface area contributed by atoms with E-state index in [1.54, 1.807) is 6.07 Å². The first-order valence-corrected chi connectivity index (χ1v) is 7.30. The Hall–Kier alpha value is -1.10. The number of anilines is 1. The standard InChI is InChI=1S/C15H21ClN2O2/c1-10-3-4-13(7-14(10)16)17-15(20)9-18-6-5-12(8-18)11(2)19/h3-4,7,11-12,19H,5-6,8-9H2,1-2H3,(H,17,20). The molecule has 0 aliphatic carbocycles. The van der Waals surface area contributed by atoms with Crippen molar-refractivity contribution in [2.75, 3.05) is 25.0 Å². The second-order valence-electron chi connectivity index (χ2n) is 5.54. The second-order valence-corrected chi connectivity index (χ2v) is 5.94. The zero-order chi connectivity index (χ0) is 14.7. The predicted molar refractivity (Wildman–Crippen MR) is 81.0 cm³/mol. The van der Waals surface area contributed by atoms with Gasteiger partial charge in [-0.25, -0.2) is 0 Å². The maximum Gasteiger partial charge on any atom is 0.238 e. The van der Waals surface area contributed by atoms with Crippen molar-refractivity contribution in [3.05, 3.63) is 28.8 Å². The SMILES string of the molecule is Cc1ccc(NC(=O)CN2CCC(C(C)O)C2)cc1Cl. The summed E-state index contributed by atoms with van der Waals surface area (Å²) in [7, 11) is 0. The first-order valence-electron chi connectivity index (χ1n) is 6.92. The molecule has 0 radical (unpaired) electrons. The largest absolute Gasteiger partial charge is 0.393 e. The van der Waals surface area contributed by atoms with Crippen LogP contribution in [-0.4, -0.2) is 41.7 Å². The van der Waals surface area contributed by atoms with Gasteiger partial charge in [0.25, 0.3) is 0 Å². The molecule has 2 atom stereocenters. The lowest BCUT2D eigenvalue weighted by Crippen LogP contribution is -2.32. The van der Waals surface area contributed by atoms with Crippen LogP contribution in [0.5, 0.6) is 0 Å². The topological polar surface area (TPSA) is 52.6 Å². The highest BCUT2D eigenvalue weighted by molar-refractivity contribution is 6.31. The zero-order valence-corrected chi connectivity index (χ0v) is 12.7. The van der Waals surface area contributed by atoms with Gasteiger partial charge in [0.2, 0.25) is 5.91 Å². The van der Waals surface area contributed by atoms with Crippen molar-refractivity contribution in [1.29, 1.82) is 0 Å². The molecule has 0 spiro atoms. The van der Waals surface area contributed by atoms with Crippen molar-refractivity contribution in [1.82, 2.24) is 4.90 Å². The molecule has 5 heteroatoms. The summed E-state index contributed by atoms with van der Waals surface area (Å²) >= 11 is 6.03. The van der Waals surface area contributed by atoms with Gasteiger partial charge < -0.3 is 10.4 Å². The minimum Gasteiger partial charge on any atom is -0.393 e. The van der Waals surface area contributed by atoms with Crippen molar-refractivity contribution in [2.45, 2.75) is 26.4 Å². The first-order chi connectivity index (χ1) is 9.45. The van der Waals surface area contributed by atoms with Gasteiger partial charge in [-0.3, -0.25) is 9.69 Å². The third-order valence-electron chi connectivity index (χ3n) is 3.81. The molecule has 1 heterocycles. The third kappa shape index (κ3) is 3.95. The molecule has 0 saturated carbocycles. The maximum absolute atomic E-state index is 12.0. The van der Waals surface area contributed by atoms with E-state index in [9.17, 15) is 9.90 Å². The van der Waals surface area contributed by atoms with Gasteiger partial charge in [0.05, 0.1) is 12.6 Å². The van der Waals surface area contributed by atoms with Gasteiger partial charge in [-0.2, -0.15) is 0 Å². The van der Waals surface area contributed by atoms with E-state index in [1.807, 2.05) is 26.0 Å². The quantitative estimate of drug-likeness (QED) is 0.896. The molecule has 1 amide bonds. The molecule has 4 nitrogen and oxygen atoms in total. The smallest absolute Gasteiger partial charge is 0.238 e. The summed E-state index contributed by atoms with van der Waals surface area (Å²) in [5.74, 6) is 0.229. The highest BCUT2D eigenvalue weighted by atomic mass is 35.5. The molecule has 2 unspecified atom stereocenters. The average Bonchev–Trinajstić information content (AvgIpc) is 2.82. The molecule has 0 bridgehead atoms. The number of carbonyl (C=O) groups excluding carboxylic acids is 1. The van der Waals surface area contributed by atoms with E-state index in [-0.39, 0.29) is 17.9 Å². The Morgan fingerprint density at radius 3 is 2.95 bits per heavy atom. The molecule has 0 aromatic heterocycles. The molecule has 1 aromatic carbocycles. The number of carbonyl (C=O) groups is 1. The summed E-state index contributed by atoms with van der Waals surface area (Å²) in [5.41, 5.74) is 1.71. The van der Waals surface area contributed by atoms with E-state index < -0.39 is 0 Å². The second kappa shape index (κ2) is 6.57. The summed E-state index contributed by atoms with van der Waals surface area (Å²) in [4.78, 5) is 14.1. The number of amides is 1. The first kappa shape index (κ1) is 15.3. The van der Waals surface area contributed by atoms with Crippen molar-refractivity contribution >= 4 is 23.2 Å². The van der Waals surface area contributed by atoms with E-state index in [1.165, 1.54) is 0 Å². The molecule has 20 heavy (non-hydrogen) atoms. The Bertz CT molecular complexity index is 491. The minimum absolute atomic E-state index is 0.0452. The number of rotatable bonds is 4. The van der Waals surface area contributed by atoms with Gasteiger partial charge in [-0.1, -0.05) is 17.7 Å². The summed E-state index contributed by atoms with van der Waals surface area (Å²) < 4.78 is 0. The number of benzene rings is 1. The number of hydrogen-bond acceptors (Lipinski definition) is 3. The van der Waals surface area contributed by atoms with Crippen LogP contribution in [0.2, 0.25) is 5.02 Å². The number of nitrogens with one attached hydrogen (secondary N) is 1. The summed E-state index contributed by atoms with van der Waals surface area (Å²) in [6.07, 6.45) is 0.639. The number of aliphatic hydroxyl groups excluding tert-OH is 1. The van der Waals surface area contributed by atoms with Crippen molar-refractivity contribution in [3.8, 4) is 0 Å². The maximum atomic E-state index is 12.0. The van der Waals surface area contributed by atoms with E-state index in [0.717, 1.165) is 30.8 Å². The normalized spacial score (nSPS) is 20.9. The number of aliphatic hydroxyl groups is 1. The zero-order valence-electron chi connectivity index (χ0n) is 11.9. The van der Waals surface area contributed by atoms with Crippen LogP contribution in [-0.2, 0) is 4.79 Å². The van der Waals surface area contributed by atoms with Crippen LogP contribution < -0.4 is 5.32 Å². The highest BCUT2D eigenvalue weighted by Crippen LogP contribution is 2.21. The third-order valence-corrected chi connectivity index (χ3v) is 4.22. The summed E-state index contributed by atoms with van der Waals surface area (Å²) in [6.45, 7) is 5.73. The number of halogens is 1. The molecule has 2 rings (SSSR count). The van der Waals surface area contributed by atoms with Crippen LogP contribution >= 0.6 is 11.6 Å². The Morgan fingerprint density at radius 1 is 1.60 bits per heavy atom. The molecular formula is C15H21ClN2O2. The Morgan fingerprint density at radius 2 is 2.35 bits per heavy atom. The molecule has 2 N–H and O–H groups in total. The van der Waals surface area contributed by atoms with Crippen LogP contribution in [0.3, 0.4) is 0 Å². The van der Waals surface area contributed by atoms with Crippen LogP contribution in [0.1, 0.15) is 18.9 Å². The number of hydrogen-bond donors (Lipinski definition) is 2. The van der Waals surface area contributed by atoms with Crippen LogP contribution in [0.4, 0.5) is 5.69 Å². The molecule has 1 saturated heterocycles. The molecule has 1 aliphatic rings. The van der Waals surface area contributed by atoms with Gasteiger partial charge in [0, 0.05) is 17.3 Å². The molecule has 110 valence electrons. The Kier molecular flexibility index (Phi) is 5.02. The van der Waals surface area contributed by atoms with Gasteiger partial charge in [0.1, 0.15) is 0 Å². The van der Waals surface area contributed by atoms with Crippen LogP contribution in [0.15, 0.2) is 18.2 Å². The fraction of sp³-hybridized carbons (Fsp3) is 0.533. The Balaban J connectivity index is 1.85. The monoisotopic (exact) mass is 296 g/mol. The Labute approximate surface area is 124 Å². The van der Waals surface area contributed by atoms with E-state index in [2.05, 4.69) is 10.2 Å². The minimum atomic E-state index is -0.307. The van der Waals surface area contributed by atoms with Crippen molar-refractivity contribution < 1.29 is 9.90 Å². The number of likely N-dealkylation sites (tertiary alicyclic amines) is 1. The van der Waals surface area contributed by atoms with Gasteiger partial charge >= 0.3 is 0 Å². The van der Waals surface area contributed by atoms with Gasteiger partial charge in [0.15, 0.2) is 0 Å². The van der Waals surface area contributed by atoms with E-state index in [0.29, 0.717) is 11.6 Å². The number of nitrogens with zero attached hydrogens (tertiary/aromatic N) is 1. The molecular weight excluding hydrogens is 276 g/mol. The molecule has 1 aromatic rings. The lowest BCUT2D eigenvalue weighted by Gasteiger charge is -2.17. The highest BCUT2D eigenvalue weighted by Gasteiger charge is 2.26. The molecule has 1 aliphatic heterocycles. The van der Waals surface area contributed by atoms with Crippen molar-refractivity contribution in [2.24, 2.45) is 5.92 Å². The fourth-order valence-corrected chi connectivity index (χ4v) is 2.65. The molecule has 1 fully saturated rings. The van der Waals surface area contributed by atoms with Gasteiger partial charge in [-0.05, 0) is 50.4 Å². The summed E-state index contributed by atoms with van der Waals surface area (Å²) in [5, 5.41) is 13.1.